The molecule has 136 valence electrons. The molecule has 0 bridgehead atoms. The van der Waals surface area contributed by atoms with Crippen molar-refractivity contribution in [2.45, 2.75) is 49.6 Å². The normalized spacial score (nSPS) is 23.9. The summed E-state index contributed by atoms with van der Waals surface area (Å²) < 4.78 is 31.9. The zero-order valence-electron chi connectivity index (χ0n) is 14.1. The quantitative estimate of drug-likeness (QED) is 0.838. The van der Waals surface area contributed by atoms with Crippen LogP contribution in [0.4, 0.5) is 0 Å². The highest BCUT2D eigenvalue weighted by Crippen LogP contribution is 2.27. The fourth-order valence-electron chi connectivity index (χ4n) is 3.16. The van der Waals surface area contributed by atoms with E-state index in [0.717, 1.165) is 22.7 Å². The van der Waals surface area contributed by atoms with Crippen LogP contribution in [0.5, 0.6) is 0 Å². The number of nitrogens with zero attached hydrogens (tertiary/aromatic N) is 1. The number of nitrogens with one attached hydrogen (secondary N) is 1. The first kappa shape index (κ1) is 17.9. The highest BCUT2D eigenvalue weighted by Gasteiger charge is 2.44. The Balaban J connectivity index is 1.76. The van der Waals surface area contributed by atoms with Crippen LogP contribution in [-0.4, -0.2) is 49.8 Å². The van der Waals surface area contributed by atoms with Gasteiger partial charge in [0, 0.05) is 19.6 Å². The molecule has 0 unspecified atom stereocenters. The van der Waals surface area contributed by atoms with Gasteiger partial charge in [0.15, 0.2) is 0 Å². The van der Waals surface area contributed by atoms with E-state index in [2.05, 4.69) is 5.32 Å². The molecule has 0 aromatic heterocycles. The minimum Gasteiger partial charge on any atom is -0.376 e. The van der Waals surface area contributed by atoms with Crippen LogP contribution < -0.4 is 5.32 Å². The summed E-state index contributed by atoms with van der Waals surface area (Å²) in [5, 5.41) is 2.73. The van der Waals surface area contributed by atoms with Gasteiger partial charge in [-0.3, -0.25) is 9.59 Å². The molecule has 0 aliphatic carbocycles. The number of carbonyl (C=O) groups is 2. The smallest absolute Gasteiger partial charge is 0.267 e. The maximum absolute atomic E-state index is 12.8. The third-order valence-corrected chi connectivity index (χ3v) is 6.41. The number of hydrogen-bond donors (Lipinski definition) is 1. The van der Waals surface area contributed by atoms with Crippen molar-refractivity contribution in [2.24, 2.45) is 0 Å². The van der Waals surface area contributed by atoms with Gasteiger partial charge in [-0.25, -0.2) is 12.7 Å². The standard InChI is InChI=1S/C17H22N2O5S/c1-12-4-6-14(7-5-12)25(22,23)19-15(8-9-16(19)20)17(21)18-11-13-3-2-10-24-13/h4-7,13,15H,2-3,8-11H2,1H3,(H,18,21)/t13-,15+/m1/s1. The molecular formula is C17H22N2O5S. The first-order chi connectivity index (χ1) is 11.9. The van der Waals surface area contributed by atoms with Crippen molar-refractivity contribution < 1.29 is 22.7 Å². The second-order valence-electron chi connectivity index (χ2n) is 6.44. The number of sulfonamides is 1. The van der Waals surface area contributed by atoms with Crippen molar-refractivity contribution >= 4 is 21.8 Å². The van der Waals surface area contributed by atoms with Crippen molar-refractivity contribution in [3.8, 4) is 0 Å². The Morgan fingerprint density at radius 2 is 2.00 bits per heavy atom. The second kappa shape index (κ2) is 7.13. The lowest BCUT2D eigenvalue weighted by Crippen LogP contribution is -2.48. The minimum absolute atomic E-state index is 0.0188. The van der Waals surface area contributed by atoms with E-state index in [1.54, 1.807) is 12.1 Å². The maximum Gasteiger partial charge on any atom is 0.267 e. The fraction of sp³-hybridized carbons (Fsp3) is 0.529. The number of rotatable bonds is 5. The maximum atomic E-state index is 12.8. The third kappa shape index (κ3) is 3.69. The van der Waals surface area contributed by atoms with Crippen LogP contribution in [0.1, 0.15) is 31.2 Å². The molecule has 3 rings (SSSR count). The first-order valence-corrected chi connectivity index (χ1v) is 9.87. The van der Waals surface area contributed by atoms with Crippen molar-refractivity contribution in [1.29, 1.82) is 0 Å². The molecule has 0 spiro atoms. The molecule has 0 saturated carbocycles. The van der Waals surface area contributed by atoms with Crippen molar-refractivity contribution in [1.82, 2.24) is 9.62 Å². The molecule has 2 amide bonds. The molecule has 1 N–H and O–H groups in total. The van der Waals surface area contributed by atoms with E-state index in [1.165, 1.54) is 12.1 Å². The Kier molecular flexibility index (Phi) is 5.10. The summed E-state index contributed by atoms with van der Waals surface area (Å²) in [6.45, 7) is 2.86. The van der Waals surface area contributed by atoms with Gasteiger partial charge >= 0.3 is 0 Å². The number of ether oxygens (including phenoxy) is 1. The van der Waals surface area contributed by atoms with Gasteiger partial charge in [0.2, 0.25) is 11.8 Å². The lowest BCUT2D eigenvalue weighted by atomic mass is 10.2. The molecule has 25 heavy (non-hydrogen) atoms. The van der Waals surface area contributed by atoms with Crippen LogP contribution in [0.25, 0.3) is 0 Å². The summed E-state index contributed by atoms with van der Waals surface area (Å²) in [6, 6.07) is 5.25. The lowest BCUT2D eigenvalue weighted by Gasteiger charge is -2.24. The monoisotopic (exact) mass is 366 g/mol. The Labute approximate surface area is 147 Å². The molecule has 0 radical (unpaired) electrons. The van der Waals surface area contributed by atoms with E-state index in [-0.39, 0.29) is 23.8 Å². The van der Waals surface area contributed by atoms with E-state index in [0.29, 0.717) is 13.2 Å². The van der Waals surface area contributed by atoms with E-state index in [9.17, 15) is 18.0 Å². The van der Waals surface area contributed by atoms with E-state index in [1.807, 2.05) is 6.92 Å². The van der Waals surface area contributed by atoms with Gasteiger partial charge in [0.25, 0.3) is 10.0 Å². The number of aryl methyl sites for hydroxylation is 1. The van der Waals surface area contributed by atoms with Gasteiger partial charge < -0.3 is 10.1 Å². The first-order valence-electron chi connectivity index (χ1n) is 8.43. The summed E-state index contributed by atoms with van der Waals surface area (Å²) >= 11 is 0. The largest absolute Gasteiger partial charge is 0.376 e. The van der Waals surface area contributed by atoms with Gasteiger partial charge in [-0.15, -0.1) is 0 Å². The molecule has 1 aromatic rings. The topological polar surface area (TPSA) is 92.8 Å². The number of hydrogen-bond acceptors (Lipinski definition) is 5. The zero-order valence-corrected chi connectivity index (χ0v) is 14.9. The van der Waals surface area contributed by atoms with E-state index < -0.39 is 27.9 Å². The molecule has 2 heterocycles. The number of carbonyl (C=O) groups excluding carboxylic acids is 2. The van der Waals surface area contributed by atoms with E-state index in [4.69, 9.17) is 4.74 Å². The Bertz CT molecular complexity index is 754. The lowest BCUT2D eigenvalue weighted by molar-refractivity contribution is -0.130. The molecule has 2 fully saturated rings. The molecule has 1 aromatic carbocycles. The number of benzene rings is 1. The summed E-state index contributed by atoms with van der Waals surface area (Å²) in [5.41, 5.74) is 0.914. The third-order valence-electron chi connectivity index (χ3n) is 4.57. The average Bonchev–Trinajstić information content (AvgIpc) is 3.22. The molecule has 2 atom stereocenters. The number of amides is 2. The highest BCUT2D eigenvalue weighted by atomic mass is 32.2. The summed E-state index contributed by atoms with van der Waals surface area (Å²) in [5.74, 6) is -0.991. The second-order valence-corrected chi connectivity index (χ2v) is 8.26. The van der Waals surface area contributed by atoms with Gasteiger partial charge in [0.1, 0.15) is 6.04 Å². The highest BCUT2D eigenvalue weighted by molar-refractivity contribution is 7.89. The summed E-state index contributed by atoms with van der Waals surface area (Å²) in [6.07, 6.45) is 2.03. The van der Waals surface area contributed by atoms with Crippen LogP contribution >= 0.6 is 0 Å². The van der Waals surface area contributed by atoms with Crippen molar-refractivity contribution in [3.05, 3.63) is 29.8 Å². The SMILES string of the molecule is Cc1ccc(S(=O)(=O)N2C(=O)CC[C@H]2C(=O)NC[C@H]2CCCO2)cc1. The molecule has 2 aliphatic rings. The predicted molar refractivity (Wildman–Crippen MR) is 90.2 cm³/mol. The Hall–Kier alpha value is -1.93. The minimum atomic E-state index is -4.04. The van der Waals surface area contributed by atoms with E-state index >= 15 is 0 Å². The summed E-state index contributed by atoms with van der Waals surface area (Å²) in [7, 11) is -4.04. The fourth-order valence-corrected chi connectivity index (χ4v) is 4.76. The average molecular weight is 366 g/mol. The van der Waals surface area contributed by atoms with Crippen LogP contribution in [0.15, 0.2) is 29.2 Å². The van der Waals surface area contributed by atoms with Crippen LogP contribution in [0.3, 0.4) is 0 Å². The molecule has 2 aliphatic heterocycles. The molecule has 2 saturated heterocycles. The summed E-state index contributed by atoms with van der Waals surface area (Å²) in [4.78, 5) is 24.7. The van der Waals surface area contributed by atoms with Crippen molar-refractivity contribution in [2.75, 3.05) is 13.2 Å². The van der Waals surface area contributed by atoms with Gasteiger partial charge in [-0.05, 0) is 38.3 Å². The van der Waals surface area contributed by atoms with Gasteiger partial charge in [0.05, 0.1) is 11.0 Å². The Morgan fingerprint density at radius 3 is 2.64 bits per heavy atom. The molecular weight excluding hydrogens is 344 g/mol. The van der Waals surface area contributed by atoms with Crippen molar-refractivity contribution in [3.63, 3.8) is 0 Å². The zero-order chi connectivity index (χ0) is 18.0. The predicted octanol–water partition coefficient (Wildman–Crippen LogP) is 0.970. The van der Waals surface area contributed by atoms with Crippen LogP contribution in [0.2, 0.25) is 0 Å². The van der Waals surface area contributed by atoms with Gasteiger partial charge in [-0.2, -0.15) is 0 Å². The van der Waals surface area contributed by atoms with Crippen LogP contribution in [0, 0.1) is 6.92 Å². The molecule has 8 heteroatoms. The van der Waals surface area contributed by atoms with Crippen LogP contribution in [-0.2, 0) is 24.3 Å². The van der Waals surface area contributed by atoms with Gasteiger partial charge in [-0.1, -0.05) is 17.7 Å². The Morgan fingerprint density at radius 1 is 1.28 bits per heavy atom. The molecule has 7 nitrogen and oxygen atoms in total.